The van der Waals surface area contributed by atoms with Gasteiger partial charge in [-0.1, -0.05) is 38.3 Å². The lowest BCUT2D eigenvalue weighted by atomic mass is 9.98. The van der Waals surface area contributed by atoms with Gasteiger partial charge in [-0.05, 0) is 55.3 Å². The Morgan fingerprint density at radius 3 is 2.41 bits per heavy atom. The minimum Gasteiger partial charge on any atom is -0.325 e. The molecular formula is C21H24ClFN2O2. The summed E-state index contributed by atoms with van der Waals surface area (Å²) in [5, 5.41) is 5.89. The third kappa shape index (κ3) is 6.07. The normalized spacial score (nSPS) is 11.7. The van der Waals surface area contributed by atoms with Crippen molar-refractivity contribution in [2.24, 2.45) is 5.92 Å². The first-order chi connectivity index (χ1) is 12.9. The monoisotopic (exact) mass is 390 g/mol. The molecule has 0 saturated heterocycles. The Labute approximate surface area is 164 Å². The van der Waals surface area contributed by atoms with Gasteiger partial charge in [0, 0.05) is 17.2 Å². The maximum absolute atomic E-state index is 13.0. The van der Waals surface area contributed by atoms with E-state index in [4.69, 9.17) is 11.6 Å². The molecule has 2 aromatic carbocycles. The average molecular weight is 391 g/mol. The van der Waals surface area contributed by atoms with Gasteiger partial charge in [0.25, 0.3) is 5.91 Å². The van der Waals surface area contributed by atoms with Gasteiger partial charge in [0.15, 0.2) is 0 Å². The molecule has 4 nitrogen and oxygen atoms in total. The zero-order chi connectivity index (χ0) is 19.8. The van der Waals surface area contributed by atoms with Crippen molar-refractivity contribution in [1.29, 1.82) is 0 Å². The van der Waals surface area contributed by atoms with Gasteiger partial charge in [0.05, 0.1) is 10.7 Å². The lowest BCUT2D eigenvalue weighted by Gasteiger charge is -2.16. The first-order valence-corrected chi connectivity index (χ1v) is 9.49. The summed E-state index contributed by atoms with van der Waals surface area (Å²) in [6, 6.07) is 10.2. The van der Waals surface area contributed by atoms with Crippen molar-refractivity contribution >= 4 is 34.8 Å². The van der Waals surface area contributed by atoms with Crippen LogP contribution in [0.5, 0.6) is 0 Å². The fourth-order valence-corrected chi connectivity index (χ4v) is 2.87. The van der Waals surface area contributed by atoms with Crippen molar-refractivity contribution in [1.82, 2.24) is 0 Å². The second kappa shape index (κ2) is 10.1. The molecule has 2 aromatic rings. The molecule has 2 N–H and O–H groups in total. The van der Waals surface area contributed by atoms with Gasteiger partial charge < -0.3 is 10.6 Å². The molecule has 1 unspecified atom stereocenters. The lowest BCUT2D eigenvalue weighted by molar-refractivity contribution is -0.120. The van der Waals surface area contributed by atoms with Gasteiger partial charge in [0.1, 0.15) is 5.82 Å². The third-order valence-corrected chi connectivity index (χ3v) is 4.69. The van der Waals surface area contributed by atoms with E-state index in [2.05, 4.69) is 17.6 Å². The molecule has 144 valence electrons. The molecule has 0 radical (unpaired) electrons. The van der Waals surface area contributed by atoms with Gasteiger partial charge in [0.2, 0.25) is 5.91 Å². The molecule has 0 bridgehead atoms. The number of benzene rings is 2. The van der Waals surface area contributed by atoms with Crippen LogP contribution in [0.25, 0.3) is 0 Å². The summed E-state index contributed by atoms with van der Waals surface area (Å²) in [4.78, 5) is 24.9. The number of anilines is 2. The molecule has 0 aliphatic heterocycles. The Bertz CT molecular complexity index is 793. The molecule has 0 spiro atoms. The SMILES string of the molecule is CCCCC(CC)C(=O)Nc1cc(C(=O)Nc2ccc(F)cc2)ccc1Cl. The molecule has 0 aliphatic carbocycles. The number of hydrogen-bond donors (Lipinski definition) is 2. The smallest absolute Gasteiger partial charge is 0.255 e. The fraction of sp³-hybridized carbons (Fsp3) is 0.333. The number of rotatable bonds is 8. The molecule has 1 atom stereocenters. The van der Waals surface area contributed by atoms with Crippen LogP contribution in [-0.2, 0) is 4.79 Å². The highest BCUT2D eigenvalue weighted by atomic mass is 35.5. The van der Waals surface area contributed by atoms with E-state index in [1.807, 2.05) is 6.92 Å². The summed E-state index contributed by atoms with van der Waals surface area (Å²) < 4.78 is 13.0. The molecule has 0 saturated carbocycles. The molecule has 27 heavy (non-hydrogen) atoms. The Morgan fingerprint density at radius 1 is 1.07 bits per heavy atom. The Kier molecular flexibility index (Phi) is 7.80. The van der Waals surface area contributed by atoms with E-state index in [0.29, 0.717) is 22.0 Å². The van der Waals surface area contributed by atoms with E-state index in [-0.39, 0.29) is 23.5 Å². The number of carbonyl (C=O) groups excluding carboxylic acids is 2. The van der Waals surface area contributed by atoms with E-state index in [1.54, 1.807) is 18.2 Å². The predicted molar refractivity (Wildman–Crippen MR) is 108 cm³/mol. The summed E-state index contributed by atoms with van der Waals surface area (Å²) in [5.41, 5.74) is 1.23. The first-order valence-electron chi connectivity index (χ1n) is 9.11. The Hall–Kier alpha value is -2.40. The summed E-state index contributed by atoms with van der Waals surface area (Å²) in [6.45, 7) is 4.07. The van der Waals surface area contributed by atoms with Crippen molar-refractivity contribution in [3.8, 4) is 0 Å². The molecular weight excluding hydrogens is 367 g/mol. The highest BCUT2D eigenvalue weighted by Crippen LogP contribution is 2.25. The van der Waals surface area contributed by atoms with Gasteiger partial charge in [-0.25, -0.2) is 4.39 Å². The van der Waals surface area contributed by atoms with Crippen LogP contribution in [0.4, 0.5) is 15.8 Å². The van der Waals surface area contributed by atoms with Crippen LogP contribution in [0.15, 0.2) is 42.5 Å². The minimum absolute atomic E-state index is 0.0854. The standard InChI is InChI=1S/C21H24ClFN2O2/c1-3-5-6-14(4-2)20(26)25-19-13-15(7-12-18(19)22)21(27)24-17-10-8-16(23)9-11-17/h7-14H,3-6H2,1-2H3,(H,24,27)(H,25,26). The number of hydrogen-bond acceptors (Lipinski definition) is 2. The fourth-order valence-electron chi connectivity index (χ4n) is 2.70. The molecule has 0 heterocycles. The summed E-state index contributed by atoms with van der Waals surface area (Å²) in [6.07, 6.45) is 3.58. The topological polar surface area (TPSA) is 58.2 Å². The first kappa shape index (κ1) is 20.9. The second-order valence-electron chi connectivity index (χ2n) is 6.39. The third-order valence-electron chi connectivity index (χ3n) is 4.36. The highest BCUT2D eigenvalue weighted by Gasteiger charge is 2.18. The van der Waals surface area contributed by atoms with Crippen molar-refractivity contribution in [2.45, 2.75) is 39.5 Å². The number of halogens is 2. The largest absolute Gasteiger partial charge is 0.325 e. The maximum Gasteiger partial charge on any atom is 0.255 e. The van der Waals surface area contributed by atoms with Gasteiger partial charge >= 0.3 is 0 Å². The van der Waals surface area contributed by atoms with E-state index in [0.717, 1.165) is 25.7 Å². The van der Waals surface area contributed by atoms with Crippen molar-refractivity contribution in [3.05, 3.63) is 58.9 Å². The molecule has 0 aromatic heterocycles. The van der Waals surface area contributed by atoms with Crippen LogP contribution < -0.4 is 10.6 Å². The van der Waals surface area contributed by atoms with E-state index < -0.39 is 0 Å². The van der Waals surface area contributed by atoms with Crippen LogP contribution in [0.3, 0.4) is 0 Å². The molecule has 2 rings (SSSR count). The summed E-state index contributed by atoms with van der Waals surface area (Å²) in [5.74, 6) is -0.925. The lowest BCUT2D eigenvalue weighted by Crippen LogP contribution is -2.23. The highest BCUT2D eigenvalue weighted by molar-refractivity contribution is 6.34. The van der Waals surface area contributed by atoms with Crippen LogP contribution in [-0.4, -0.2) is 11.8 Å². The maximum atomic E-state index is 13.0. The summed E-state index contributed by atoms with van der Waals surface area (Å²) in [7, 11) is 0. The van der Waals surface area contributed by atoms with Gasteiger partial charge in [-0.2, -0.15) is 0 Å². The van der Waals surface area contributed by atoms with Crippen LogP contribution in [0, 0.1) is 11.7 Å². The molecule has 0 fully saturated rings. The van der Waals surface area contributed by atoms with Crippen LogP contribution >= 0.6 is 11.6 Å². The quantitative estimate of drug-likeness (QED) is 0.590. The molecule has 2 amide bonds. The van der Waals surface area contributed by atoms with Crippen LogP contribution in [0.2, 0.25) is 5.02 Å². The number of nitrogens with one attached hydrogen (secondary N) is 2. The zero-order valence-electron chi connectivity index (χ0n) is 15.5. The zero-order valence-corrected chi connectivity index (χ0v) is 16.3. The summed E-state index contributed by atoms with van der Waals surface area (Å²) >= 11 is 6.19. The van der Waals surface area contributed by atoms with Gasteiger partial charge in [-0.3, -0.25) is 9.59 Å². The van der Waals surface area contributed by atoms with Crippen molar-refractivity contribution < 1.29 is 14.0 Å². The number of amides is 2. The Balaban J connectivity index is 2.11. The minimum atomic E-state index is -0.377. The van der Waals surface area contributed by atoms with Gasteiger partial charge in [-0.15, -0.1) is 0 Å². The van der Waals surface area contributed by atoms with E-state index in [9.17, 15) is 14.0 Å². The van der Waals surface area contributed by atoms with E-state index >= 15 is 0 Å². The second-order valence-corrected chi connectivity index (χ2v) is 6.80. The van der Waals surface area contributed by atoms with Crippen LogP contribution in [0.1, 0.15) is 49.9 Å². The van der Waals surface area contributed by atoms with Crippen molar-refractivity contribution in [3.63, 3.8) is 0 Å². The van der Waals surface area contributed by atoms with Crippen molar-refractivity contribution in [2.75, 3.05) is 10.6 Å². The average Bonchev–Trinajstić information content (AvgIpc) is 2.66. The number of unbranched alkanes of at least 4 members (excludes halogenated alkanes) is 1. The molecule has 6 heteroatoms. The predicted octanol–water partition coefficient (Wildman–Crippen LogP) is 5.89. The number of carbonyl (C=O) groups is 2. The Morgan fingerprint density at radius 2 is 1.78 bits per heavy atom. The van der Waals surface area contributed by atoms with E-state index in [1.165, 1.54) is 24.3 Å². The molecule has 0 aliphatic rings.